The van der Waals surface area contributed by atoms with E-state index in [1.54, 1.807) is 23.1 Å². The van der Waals surface area contributed by atoms with E-state index in [0.717, 1.165) is 12.8 Å². The van der Waals surface area contributed by atoms with Gasteiger partial charge in [-0.15, -0.1) is 0 Å². The van der Waals surface area contributed by atoms with Crippen LogP contribution in [0.5, 0.6) is 0 Å². The van der Waals surface area contributed by atoms with Gasteiger partial charge in [0.2, 0.25) is 5.91 Å². The molecule has 3 N–H and O–H groups in total. The Bertz CT molecular complexity index is 412. The van der Waals surface area contributed by atoms with Gasteiger partial charge in [-0.3, -0.25) is 4.79 Å². The Kier molecular flexibility index (Phi) is 3.43. The van der Waals surface area contributed by atoms with Gasteiger partial charge >= 0.3 is 0 Å². The third-order valence-corrected chi connectivity index (χ3v) is 3.03. The third kappa shape index (κ3) is 3.03. The Balaban J connectivity index is 2.02. The second-order valence-electron chi connectivity index (χ2n) is 4.38. The summed E-state index contributed by atoms with van der Waals surface area (Å²) in [5.41, 5.74) is 7.14. The second kappa shape index (κ2) is 4.84. The number of hydrogen-bond donors (Lipinski definition) is 2. The fourth-order valence-electron chi connectivity index (χ4n) is 1.73. The summed E-state index contributed by atoms with van der Waals surface area (Å²) in [5, 5.41) is 3.49. The van der Waals surface area contributed by atoms with Crippen LogP contribution in [0.4, 0.5) is 11.4 Å². The maximum atomic E-state index is 11.7. The molecule has 17 heavy (non-hydrogen) atoms. The molecule has 0 unspecified atom stereocenters. The number of amides is 1. The number of anilines is 2. The van der Waals surface area contributed by atoms with Crippen LogP contribution in [0, 0.1) is 0 Å². The predicted molar refractivity (Wildman–Crippen MR) is 70.3 cm³/mol. The molecule has 0 aromatic heterocycles. The molecule has 5 heteroatoms. The van der Waals surface area contributed by atoms with Crippen molar-refractivity contribution in [1.82, 2.24) is 5.32 Å². The maximum absolute atomic E-state index is 11.7. The summed E-state index contributed by atoms with van der Waals surface area (Å²) in [4.78, 5) is 13.4. The average molecular weight is 254 g/mol. The van der Waals surface area contributed by atoms with E-state index in [-0.39, 0.29) is 12.5 Å². The molecule has 2 rings (SSSR count). The lowest BCUT2D eigenvalue weighted by molar-refractivity contribution is -0.119. The molecule has 0 saturated heterocycles. The zero-order chi connectivity index (χ0) is 12.4. The summed E-state index contributed by atoms with van der Waals surface area (Å²) in [5.74, 6) is 0.00863. The molecule has 1 aliphatic carbocycles. The number of likely N-dealkylation sites (N-methyl/N-ethyl adjacent to an activating group) is 1. The first-order valence-electron chi connectivity index (χ1n) is 5.62. The number of hydrogen-bond acceptors (Lipinski definition) is 3. The minimum Gasteiger partial charge on any atom is -0.397 e. The van der Waals surface area contributed by atoms with Gasteiger partial charge in [0.1, 0.15) is 0 Å². The first-order valence-corrected chi connectivity index (χ1v) is 6.00. The Morgan fingerprint density at radius 1 is 1.59 bits per heavy atom. The van der Waals surface area contributed by atoms with Gasteiger partial charge in [-0.1, -0.05) is 17.7 Å². The van der Waals surface area contributed by atoms with Crippen LogP contribution in [0.3, 0.4) is 0 Å². The Hall–Kier alpha value is -1.42. The van der Waals surface area contributed by atoms with Gasteiger partial charge in [-0.2, -0.15) is 0 Å². The number of carbonyl (C=O) groups excluding carboxylic acids is 1. The zero-order valence-electron chi connectivity index (χ0n) is 9.74. The minimum atomic E-state index is 0.00863. The summed E-state index contributed by atoms with van der Waals surface area (Å²) in [6.45, 7) is 0.268. The van der Waals surface area contributed by atoms with E-state index in [1.807, 2.05) is 7.05 Å². The van der Waals surface area contributed by atoms with Crippen molar-refractivity contribution in [2.45, 2.75) is 18.9 Å². The second-order valence-corrected chi connectivity index (χ2v) is 4.78. The van der Waals surface area contributed by atoms with Crippen molar-refractivity contribution in [3.63, 3.8) is 0 Å². The first kappa shape index (κ1) is 12.0. The normalized spacial score (nSPS) is 14.5. The highest BCUT2D eigenvalue weighted by Gasteiger charge is 2.24. The number of halogens is 1. The number of nitrogen functional groups attached to an aromatic ring is 1. The highest BCUT2D eigenvalue weighted by Crippen LogP contribution is 2.30. The molecule has 0 atom stereocenters. The number of rotatable bonds is 4. The molecule has 1 aromatic carbocycles. The van der Waals surface area contributed by atoms with E-state index in [4.69, 9.17) is 17.3 Å². The van der Waals surface area contributed by atoms with Gasteiger partial charge in [-0.25, -0.2) is 0 Å². The van der Waals surface area contributed by atoms with Crippen LogP contribution in [-0.2, 0) is 4.79 Å². The van der Waals surface area contributed by atoms with Gasteiger partial charge in [0.15, 0.2) is 0 Å². The molecule has 4 nitrogen and oxygen atoms in total. The van der Waals surface area contributed by atoms with Gasteiger partial charge in [-0.05, 0) is 25.0 Å². The van der Waals surface area contributed by atoms with Crippen molar-refractivity contribution < 1.29 is 4.79 Å². The molecule has 0 spiro atoms. The Morgan fingerprint density at radius 3 is 2.88 bits per heavy atom. The number of benzene rings is 1. The van der Waals surface area contributed by atoms with Crippen molar-refractivity contribution >= 4 is 28.9 Å². The SMILES string of the molecule is CN(CC(=O)NC1CC1)c1c(N)cccc1Cl. The van der Waals surface area contributed by atoms with E-state index in [1.165, 1.54) is 0 Å². The summed E-state index contributed by atoms with van der Waals surface area (Å²) < 4.78 is 0. The molecule has 0 aliphatic heterocycles. The van der Waals surface area contributed by atoms with E-state index in [9.17, 15) is 4.79 Å². The monoisotopic (exact) mass is 253 g/mol. The molecule has 0 bridgehead atoms. The van der Waals surface area contributed by atoms with Crippen molar-refractivity contribution in [3.8, 4) is 0 Å². The smallest absolute Gasteiger partial charge is 0.239 e. The molecule has 1 saturated carbocycles. The minimum absolute atomic E-state index is 0.00863. The van der Waals surface area contributed by atoms with Crippen LogP contribution in [0.15, 0.2) is 18.2 Å². The van der Waals surface area contributed by atoms with Gasteiger partial charge in [0.25, 0.3) is 0 Å². The van der Waals surface area contributed by atoms with E-state index < -0.39 is 0 Å². The van der Waals surface area contributed by atoms with Gasteiger partial charge in [0.05, 0.1) is 22.9 Å². The first-order chi connectivity index (χ1) is 8.08. The predicted octanol–water partition coefficient (Wildman–Crippen LogP) is 1.64. The van der Waals surface area contributed by atoms with E-state index in [2.05, 4.69) is 5.32 Å². The number of carbonyl (C=O) groups is 1. The Morgan fingerprint density at radius 2 is 2.29 bits per heavy atom. The molecular weight excluding hydrogens is 238 g/mol. The maximum Gasteiger partial charge on any atom is 0.239 e. The zero-order valence-corrected chi connectivity index (χ0v) is 10.5. The molecule has 0 radical (unpaired) electrons. The van der Waals surface area contributed by atoms with Gasteiger partial charge in [0, 0.05) is 13.1 Å². The lowest BCUT2D eigenvalue weighted by Crippen LogP contribution is -2.36. The molecule has 1 fully saturated rings. The van der Waals surface area contributed by atoms with Crippen LogP contribution < -0.4 is 16.0 Å². The van der Waals surface area contributed by atoms with Crippen LogP contribution in [-0.4, -0.2) is 25.5 Å². The van der Waals surface area contributed by atoms with Crippen molar-refractivity contribution in [3.05, 3.63) is 23.2 Å². The summed E-state index contributed by atoms with van der Waals surface area (Å²) >= 11 is 6.07. The van der Waals surface area contributed by atoms with Crippen LogP contribution in [0.25, 0.3) is 0 Å². The largest absolute Gasteiger partial charge is 0.397 e. The molecule has 1 aromatic rings. The third-order valence-electron chi connectivity index (χ3n) is 2.72. The van der Waals surface area contributed by atoms with Gasteiger partial charge < -0.3 is 16.0 Å². The molecule has 1 amide bonds. The quantitative estimate of drug-likeness (QED) is 0.802. The number of para-hydroxylation sites is 1. The molecule has 92 valence electrons. The molecule has 0 heterocycles. The lowest BCUT2D eigenvalue weighted by atomic mass is 10.2. The van der Waals surface area contributed by atoms with Crippen LogP contribution >= 0.6 is 11.6 Å². The van der Waals surface area contributed by atoms with Crippen molar-refractivity contribution in [2.24, 2.45) is 0 Å². The lowest BCUT2D eigenvalue weighted by Gasteiger charge is -2.21. The van der Waals surface area contributed by atoms with Crippen molar-refractivity contribution in [2.75, 3.05) is 24.2 Å². The topological polar surface area (TPSA) is 58.4 Å². The number of nitrogens with two attached hydrogens (primary N) is 1. The van der Waals surface area contributed by atoms with E-state index >= 15 is 0 Å². The average Bonchev–Trinajstić information content (AvgIpc) is 3.00. The number of nitrogens with zero attached hydrogens (tertiary/aromatic N) is 1. The molecule has 1 aliphatic rings. The highest BCUT2D eigenvalue weighted by molar-refractivity contribution is 6.34. The van der Waals surface area contributed by atoms with Crippen molar-refractivity contribution in [1.29, 1.82) is 0 Å². The highest BCUT2D eigenvalue weighted by atomic mass is 35.5. The van der Waals surface area contributed by atoms with E-state index in [0.29, 0.717) is 22.4 Å². The number of nitrogens with one attached hydrogen (secondary N) is 1. The standard InChI is InChI=1S/C12H16ClN3O/c1-16(7-11(17)15-8-5-6-8)12-9(13)3-2-4-10(12)14/h2-4,8H,5-7,14H2,1H3,(H,15,17). The van der Waals surface area contributed by atoms with Crippen LogP contribution in [0.1, 0.15) is 12.8 Å². The fourth-order valence-corrected chi connectivity index (χ4v) is 2.06. The van der Waals surface area contributed by atoms with Crippen LogP contribution in [0.2, 0.25) is 5.02 Å². The summed E-state index contributed by atoms with van der Waals surface area (Å²) in [6, 6.07) is 5.71. The summed E-state index contributed by atoms with van der Waals surface area (Å²) in [7, 11) is 1.81. The summed E-state index contributed by atoms with van der Waals surface area (Å²) in [6.07, 6.45) is 2.17. The fraction of sp³-hybridized carbons (Fsp3) is 0.417. The molecular formula is C12H16ClN3O. The Labute approximate surface area is 106 Å².